The van der Waals surface area contributed by atoms with Crippen LogP contribution in [0.1, 0.15) is 56.5 Å². The van der Waals surface area contributed by atoms with Crippen molar-refractivity contribution in [2.24, 2.45) is 0 Å². The largest absolute Gasteiger partial charge is 0.448 e. The zero-order chi connectivity index (χ0) is 11.4. The number of rotatable bonds is 4. The van der Waals surface area contributed by atoms with Crippen LogP contribution in [-0.4, -0.2) is 18.1 Å². The molecule has 0 radical (unpaired) electrons. The Bertz CT molecular complexity index is 315. The Kier molecular flexibility index (Phi) is 3.99. The van der Waals surface area contributed by atoms with Gasteiger partial charge in [0.05, 0.1) is 5.69 Å². The van der Waals surface area contributed by atoms with Gasteiger partial charge in [0.1, 0.15) is 6.26 Å². The molecule has 0 aromatic carbocycles. The van der Waals surface area contributed by atoms with Gasteiger partial charge in [0.2, 0.25) is 0 Å². The predicted octanol–water partition coefficient (Wildman–Crippen LogP) is 2.87. The molecule has 0 aliphatic heterocycles. The summed E-state index contributed by atoms with van der Waals surface area (Å²) in [6.07, 6.45) is 9.32. The van der Waals surface area contributed by atoms with E-state index in [1.165, 1.54) is 32.1 Å². The summed E-state index contributed by atoms with van der Waals surface area (Å²) in [5.74, 6) is 1.55. The monoisotopic (exact) mass is 222 g/mol. The predicted molar refractivity (Wildman–Crippen MR) is 64.6 cm³/mol. The van der Waals surface area contributed by atoms with E-state index in [4.69, 9.17) is 4.42 Å². The van der Waals surface area contributed by atoms with Crippen molar-refractivity contribution in [1.82, 2.24) is 10.3 Å². The first-order valence-corrected chi connectivity index (χ1v) is 6.41. The number of aromatic nitrogens is 1. The summed E-state index contributed by atoms with van der Waals surface area (Å²) in [4.78, 5) is 4.62. The summed E-state index contributed by atoms with van der Waals surface area (Å²) in [6.45, 7) is 2.16. The van der Waals surface area contributed by atoms with E-state index < -0.39 is 0 Å². The number of oxazole rings is 1. The van der Waals surface area contributed by atoms with E-state index in [1.54, 1.807) is 0 Å². The van der Waals surface area contributed by atoms with Crippen LogP contribution in [0.2, 0.25) is 0 Å². The van der Waals surface area contributed by atoms with Crippen molar-refractivity contribution in [3.05, 3.63) is 17.8 Å². The Labute approximate surface area is 97.6 Å². The van der Waals surface area contributed by atoms with E-state index in [0.29, 0.717) is 12.0 Å². The second kappa shape index (κ2) is 5.48. The number of nitrogens with one attached hydrogen (secondary N) is 1. The molecule has 1 aliphatic rings. The molecule has 1 atom stereocenters. The van der Waals surface area contributed by atoms with Gasteiger partial charge in [-0.1, -0.05) is 19.3 Å². The highest BCUT2D eigenvalue weighted by atomic mass is 16.3. The van der Waals surface area contributed by atoms with Crippen molar-refractivity contribution in [2.75, 3.05) is 7.05 Å². The Morgan fingerprint density at radius 3 is 2.88 bits per heavy atom. The molecular formula is C13H22N2O. The van der Waals surface area contributed by atoms with Gasteiger partial charge in [0.25, 0.3) is 0 Å². The number of hydrogen-bond donors (Lipinski definition) is 1. The summed E-state index contributed by atoms with van der Waals surface area (Å²) in [7, 11) is 1.98. The molecule has 1 aliphatic carbocycles. The first-order valence-electron chi connectivity index (χ1n) is 6.41. The van der Waals surface area contributed by atoms with E-state index >= 15 is 0 Å². The molecule has 16 heavy (non-hydrogen) atoms. The molecule has 1 N–H and O–H groups in total. The van der Waals surface area contributed by atoms with Crippen LogP contribution in [0.25, 0.3) is 0 Å². The van der Waals surface area contributed by atoms with Gasteiger partial charge < -0.3 is 9.73 Å². The fraction of sp³-hybridized carbons (Fsp3) is 0.769. The summed E-state index contributed by atoms with van der Waals surface area (Å²) < 4.78 is 5.61. The summed E-state index contributed by atoms with van der Waals surface area (Å²) in [5.41, 5.74) is 1.09. The maximum Gasteiger partial charge on any atom is 0.197 e. The smallest absolute Gasteiger partial charge is 0.197 e. The Morgan fingerprint density at radius 1 is 1.44 bits per heavy atom. The molecule has 1 unspecified atom stereocenters. The Morgan fingerprint density at radius 2 is 2.19 bits per heavy atom. The van der Waals surface area contributed by atoms with Crippen LogP contribution in [0.15, 0.2) is 10.7 Å². The van der Waals surface area contributed by atoms with Gasteiger partial charge in [-0.15, -0.1) is 0 Å². The van der Waals surface area contributed by atoms with Gasteiger partial charge >= 0.3 is 0 Å². The molecule has 1 fully saturated rings. The topological polar surface area (TPSA) is 38.1 Å². The van der Waals surface area contributed by atoms with Gasteiger partial charge in [-0.05, 0) is 26.8 Å². The van der Waals surface area contributed by atoms with E-state index in [2.05, 4.69) is 17.2 Å². The molecule has 1 saturated carbocycles. The first-order chi connectivity index (χ1) is 7.79. The van der Waals surface area contributed by atoms with Gasteiger partial charge in [0, 0.05) is 18.4 Å². The molecule has 3 heteroatoms. The number of nitrogens with zero attached hydrogens (tertiary/aromatic N) is 1. The van der Waals surface area contributed by atoms with Crippen molar-refractivity contribution in [1.29, 1.82) is 0 Å². The highest BCUT2D eigenvalue weighted by Crippen LogP contribution is 2.31. The molecule has 0 spiro atoms. The summed E-state index contributed by atoms with van der Waals surface area (Å²) >= 11 is 0. The third-order valence-electron chi connectivity index (χ3n) is 3.53. The van der Waals surface area contributed by atoms with Gasteiger partial charge in [-0.2, -0.15) is 0 Å². The minimum atomic E-state index is 0.462. The molecule has 1 heterocycles. The minimum Gasteiger partial charge on any atom is -0.448 e. The molecule has 0 saturated heterocycles. The average Bonchev–Trinajstić information content (AvgIpc) is 2.78. The fourth-order valence-corrected chi connectivity index (χ4v) is 2.37. The fourth-order valence-electron chi connectivity index (χ4n) is 2.37. The molecular weight excluding hydrogens is 200 g/mol. The van der Waals surface area contributed by atoms with Crippen LogP contribution in [0, 0.1) is 0 Å². The Balaban J connectivity index is 1.95. The van der Waals surface area contributed by atoms with Crippen LogP contribution in [0.5, 0.6) is 0 Å². The maximum atomic E-state index is 5.61. The lowest BCUT2D eigenvalue weighted by Crippen LogP contribution is -2.23. The van der Waals surface area contributed by atoms with Crippen molar-refractivity contribution >= 4 is 0 Å². The van der Waals surface area contributed by atoms with E-state index in [9.17, 15) is 0 Å². The number of likely N-dealkylation sites (N-methyl/N-ethyl adjacent to an activating group) is 1. The molecule has 0 bridgehead atoms. The van der Waals surface area contributed by atoms with Gasteiger partial charge in [-0.3, -0.25) is 0 Å². The molecule has 0 amide bonds. The maximum absolute atomic E-state index is 5.61. The van der Waals surface area contributed by atoms with Gasteiger partial charge in [0.15, 0.2) is 5.89 Å². The van der Waals surface area contributed by atoms with E-state index in [1.807, 2.05) is 13.3 Å². The minimum absolute atomic E-state index is 0.462. The van der Waals surface area contributed by atoms with Gasteiger partial charge in [-0.25, -0.2) is 4.98 Å². The normalized spacial score (nSPS) is 19.9. The van der Waals surface area contributed by atoms with Crippen molar-refractivity contribution in [3.8, 4) is 0 Å². The number of hydrogen-bond acceptors (Lipinski definition) is 3. The van der Waals surface area contributed by atoms with Crippen molar-refractivity contribution in [2.45, 2.75) is 57.4 Å². The third kappa shape index (κ3) is 2.85. The highest BCUT2D eigenvalue weighted by Gasteiger charge is 2.20. The lowest BCUT2D eigenvalue weighted by molar-refractivity contribution is 0.363. The van der Waals surface area contributed by atoms with Crippen LogP contribution in [-0.2, 0) is 6.42 Å². The lowest BCUT2D eigenvalue weighted by atomic mass is 9.89. The average molecular weight is 222 g/mol. The zero-order valence-electron chi connectivity index (χ0n) is 10.3. The van der Waals surface area contributed by atoms with E-state index in [-0.39, 0.29) is 0 Å². The van der Waals surface area contributed by atoms with Crippen LogP contribution < -0.4 is 5.32 Å². The van der Waals surface area contributed by atoms with Crippen LogP contribution in [0.4, 0.5) is 0 Å². The van der Waals surface area contributed by atoms with Crippen molar-refractivity contribution < 1.29 is 4.42 Å². The second-order valence-corrected chi connectivity index (χ2v) is 4.91. The summed E-state index contributed by atoms with van der Waals surface area (Å²) in [5, 5.41) is 3.22. The van der Waals surface area contributed by atoms with Crippen molar-refractivity contribution in [3.63, 3.8) is 0 Å². The summed E-state index contributed by atoms with van der Waals surface area (Å²) in [6, 6.07) is 0.462. The molecule has 1 aromatic rings. The molecule has 3 nitrogen and oxygen atoms in total. The highest BCUT2D eigenvalue weighted by molar-refractivity contribution is 5.03. The lowest BCUT2D eigenvalue weighted by Gasteiger charge is -2.17. The quantitative estimate of drug-likeness (QED) is 0.851. The van der Waals surface area contributed by atoms with Crippen LogP contribution >= 0.6 is 0 Å². The molecule has 90 valence electrons. The second-order valence-electron chi connectivity index (χ2n) is 4.91. The SMILES string of the molecule is CNC(C)Cc1coc(C2CCCCC2)n1. The third-order valence-corrected chi connectivity index (χ3v) is 3.53. The zero-order valence-corrected chi connectivity index (χ0v) is 10.3. The molecule has 2 rings (SSSR count). The Hall–Kier alpha value is -0.830. The molecule has 1 aromatic heterocycles. The van der Waals surface area contributed by atoms with Crippen LogP contribution in [0.3, 0.4) is 0 Å². The standard InChI is InChI=1S/C13H22N2O/c1-10(14-2)8-12-9-16-13(15-12)11-6-4-3-5-7-11/h9-11,14H,3-8H2,1-2H3. The van der Waals surface area contributed by atoms with E-state index in [0.717, 1.165) is 18.0 Å². The first kappa shape index (κ1) is 11.6.